The average Bonchev–Trinajstić information content (AvgIpc) is 2.62. The van der Waals surface area contributed by atoms with Gasteiger partial charge < -0.3 is 15.7 Å². The molecule has 2 heterocycles. The Labute approximate surface area is 144 Å². The number of carbonyl (C=O) groups is 1. The van der Waals surface area contributed by atoms with E-state index in [1.807, 2.05) is 49.4 Å². The summed E-state index contributed by atoms with van der Waals surface area (Å²) in [4.78, 5) is 23.5. The Morgan fingerprint density at radius 1 is 1.12 bits per heavy atom. The minimum absolute atomic E-state index is 0.243. The maximum atomic E-state index is 10.8. The predicted molar refractivity (Wildman–Crippen MR) is 95.9 cm³/mol. The molecule has 7 heteroatoms. The van der Waals surface area contributed by atoms with Crippen molar-refractivity contribution in [2.75, 3.05) is 17.2 Å². The lowest BCUT2D eigenvalue weighted by molar-refractivity contribution is -0.134. The van der Waals surface area contributed by atoms with Crippen LogP contribution >= 0.6 is 0 Å². The molecule has 3 aromatic rings. The van der Waals surface area contributed by atoms with Gasteiger partial charge in [-0.2, -0.15) is 4.98 Å². The Morgan fingerprint density at radius 3 is 2.60 bits per heavy atom. The number of aromatic nitrogens is 3. The zero-order valence-electron chi connectivity index (χ0n) is 13.6. The van der Waals surface area contributed by atoms with E-state index in [4.69, 9.17) is 5.11 Å². The van der Waals surface area contributed by atoms with Gasteiger partial charge in [-0.15, -0.1) is 0 Å². The summed E-state index contributed by atoms with van der Waals surface area (Å²) in [5.41, 5.74) is 3.53. The molecule has 0 amide bonds. The fourth-order valence-electron chi connectivity index (χ4n) is 2.27. The number of pyridine rings is 1. The number of benzene rings is 1. The lowest BCUT2D eigenvalue weighted by Crippen LogP contribution is -2.15. The zero-order chi connectivity index (χ0) is 17.6. The molecule has 0 aliphatic carbocycles. The van der Waals surface area contributed by atoms with Gasteiger partial charge in [0.1, 0.15) is 12.4 Å². The molecule has 0 radical (unpaired) electrons. The van der Waals surface area contributed by atoms with Crippen LogP contribution in [0.1, 0.15) is 5.56 Å². The highest BCUT2D eigenvalue weighted by Gasteiger charge is 2.09. The molecule has 2 aromatic heterocycles. The lowest BCUT2D eigenvalue weighted by Gasteiger charge is -2.12. The molecule has 0 unspecified atom stereocenters. The number of carboxylic acid groups (broad SMARTS) is 1. The number of aryl methyl sites for hydroxylation is 1. The van der Waals surface area contributed by atoms with Gasteiger partial charge in [-0.1, -0.05) is 18.2 Å². The molecule has 7 nitrogen and oxygen atoms in total. The second-order valence-corrected chi connectivity index (χ2v) is 5.39. The molecule has 0 spiro atoms. The topological polar surface area (TPSA) is 100 Å². The smallest absolute Gasteiger partial charge is 0.322 e. The Kier molecular flexibility index (Phi) is 4.84. The number of para-hydroxylation sites is 1. The van der Waals surface area contributed by atoms with Crippen LogP contribution in [0, 0.1) is 6.92 Å². The first kappa shape index (κ1) is 16.4. The number of carboxylic acids is 1. The Bertz CT molecular complexity index is 884. The summed E-state index contributed by atoms with van der Waals surface area (Å²) < 4.78 is 0. The largest absolute Gasteiger partial charge is 0.480 e. The molecule has 0 saturated heterocycles. The first-order valence-corrected chi connectivity index (χ1v) is 7.69. The summed E-state index contributed by atoms with van der Waals surface area (Å²) in [6.45, 7) is 1.74. The molecule has 25 heavy (non-hydrogen) atoms. The SMILES string of the molecule is Cc1ccccc1Nc1cc(-c2ccncc2)nc(NCC(=O)O)n1. The van der Waals surface area contributed by atoms with Crippen LogP contribution in [-0.4, -0.2) is 32.6 Å². The van der Waals surface area contributed by atoms with Crippen molar-refractivity contribution in [2.45, 2.75) is 6.92 Å². The fraction of sp³-hybridized carbons (Fsp3) is 0.111. The molecule has 0 bridgehead atoms. The minimum Gasteiger partial charge on any atom is -0.480 e. The molecule has 0 aliphatic heterocycles. The molecule has 0 fully saturated rings. The number of anilines is 3. The van der Waals surface area contributed by atoms with Crippen LogP contribution in [-0.2, 0) is 4.79 Å². The molecule has 126 valence electrons. The van der Waals surface area contributed by atoms with E-state index < -0.39 is 5.97 Å². The van der Waals surface area contributed by atoms with Gasteiger partial charge >= 0.3 is 5.97 Å². The zero-order valence-corrected chi connectivity index (χ0v) is 13.6. The minimum atomic E-state index is -0.980. The molecule has 0 aliphatic rings. The quantitative estimate of drug-likeness (QED) is 0.636. The second kappa shape index (κ2) is 7.39. The van der Waals surface area contributed by atoms with Crippen LogP contribution in [0.4, 0.5) is 17.5 Å². The third-order valence-corrected chi connectivity index (χ3v) is 3.51. The molecular formula is C18H17N5O2. The monoisotopic (exact) mass is 335 g/mol. The van der Waals surface area contributed by atoms with E-state index in [1.165, 1.54) is 0 Å². The maximum Gasteiger partial charge on any atom is 0.322 e. The highest BCUT2D eigenvalue weighted by molar-refractivity contribution is 5.73. The van der Waals surface area contributed by atoms with E-state index in [9.17, 15) is 4.79 Å². The Hall–Kier alpha value is -3.48. The van der Waals surface area contributed by atoms with E-state index in [0.29, 0.717) is 11.5 Å². The van der Waals surface area contributed by atoms with Crippen molar-refractivity contribution >= 4 is 23.4 Å². The molecule has 0 atom stereocenters. The second-order valence-electron chi connectivity index (χ2n) is 5.39. The number of aliphatic carboxylic acids is 1. The standard InChI is InChI=1S/C18H17N5O2/c1-12-4-2-3-5-14(12)21-16-10-15(13-6-8-19-9-7-13)22-18(23-16)20-11-17(24)25/h2-10H,11H2,1H3,(H,24,25)(H2,20,21,22,23). The number of rotatable bonds is 6. The number of hydrogen-bond donors (Lipinski definition) is 3. The van der Waals surface area contributed by atoms with Gasteiger partial charge in [0.05, 0.1) is 5.69 Å². The van der Waals surface area contributed by atoms with E-state index in [0.717, 1.165) is 16.8 Å². The van der Waals surface area contributed by atoms with E-state index in [-0.39, 0.29) is 12.5 Å². The van der Waals surface area contributed by atoms with E-state index in [2.05, 4.69) is 25.6 Å². The highest BCUT2D eigenvalue weighted by Crippen LogP contribution is 2.24. The van der Waals surface area contributed by atoms with Crippen LogP contribution in [0.3, 0.4) is 0 Å². The first-order chi connectivity index (χ1) is 12.1. The van der Waals surface area contributed by atoms with Crippen LogP contribution in [0.15, 0.2) is 54.9 Å². The van der Waals surface area contributed by atoms with Gasteiger partial charge in [-0.05, 0) is 30.7 Å². The molecule has 3 N–H and O–H groups in total. The van der Waals surface area contributed by atoms with Crippen LogP contribution < -0.4 is 10.6 Å². The number of hydrogen-bond acceptors (Lipinski definition) is 6. The Morgan fingerprint density at radius 2 is 1.88 bits per heavy atom. The number of nitrogens with one attached hydrogen (secondary N) is 2. The van der Waals surface area contributed by atoms with E-state index >= 15 is 0 Å². The number of nitrogens with zero attached hydrogens (tertiary/aromatic N) is 3. The van der Waals surface area contributed by atoms with Crippen molar-refractivity contribution < 1.29 is 9.90 Å². The van der Waals surface area contributed by atoms with Gasteiger partial charge in [-0.3, -0.25) is 9.78 Å². The maximum absolute atomic E-state index is 10.8. The van der Waals surface area contributed by atoms with Crippen LogP contribution in [0.5, 0.6) is 0 Å². The van der Waals surface area contributed by atoms with Crippen LogP contribution in [0.25, 0.3) is 11.3 Å². The van der Waals surface area contributed by atoms with Crippen molar-refractivity contribution in [3.05, 3.63) is 60.4 Å². The summed E-state index contributed by atoms with van der Waals surface area (Å²) in [7, 11) is 0. The summed E-state index contributed by atoms with van der Waals surface area (Å²) in [6.07, 6.45) is 3.35. The Balaban J connectivity index is 1.97. The lowest BCUT2D eigenvalue weighted by atomic mass is 10.2. The molecule has 3 rings (SSSR count). The highest BCUT2D eigenvalue weighted by atomic mass is 16.4. The average molecular weight is 335 g/mol. The van der Waals surface area contributed by atoms with Crippen LogP contribution in [0.2, 0.25) is 0 Å². The van der Waals surface area contributed by atoms with E-state index in [1.54, 1.807) is 12.4 Å². The van der Waals surface area contributed by atoms with Gasteiger partial charge in [0.2, 0.25) is 5.95 Å². The van der Waals surface area contributed by atoms with Crippen molar-refractivity contribution in [3.63, 3.8) is 0 Å². The summed E-state index contributed by atoms with van der Waals surface area (Å²) in [5, 5.41) is 14.8. The predicted octanol–water partition coefficient (Wildman–Crippen LogP) is 3.09. The molecule has 1 aromatic carbocycles. The van der Waals surface area contributed by atoms with Gasteiger partial charge in [0, 0.05) is 29.7 Å². The summed E-state index contributed by atoms with van der Waals surface area (Å²) in [5.74, 6) is -0.164. The molecular weight excluding hydrogens is 318 g/mol. The van der Waals surface area contributed by atoms with Gasteiger partial charge in [-0.25, -0.2) is 4.98 Å². The summed E-state index contributed by atoms with van der Waals surface area (Å²) >= 11 is 0. The van der Waals surface area contributed by atoms with Gasteiger partial charge in [0.25, 0.3) is 0 Å². The van der Waals surface area contributed by atoms with Crippen molar-refractivity contribution in [1.29, 1.82) is 0 Å². The first-order valence-electron chi connectivity index (χ1n) is 7.69. The fourth-order valence-corrected chi connectivity index (χ4v) is 2.27. The third-order valence-electron chi connectivity index (χ3n) is 3.51. The van der Waals surface area contributed by atoms with Crippen molar-refractivity contribution in [1.82, 2.24) is 15.0 Å². The third kappa shape index (κ3) is 4.29. The summed E-state index contributed by atoms with van der Waals surface area (Å²) in [6, 6.07) is 13.3. The molecule has 0 saturated carbocycles. The normalized spacial score (nSPS) is 10.3. The van der Waals surface area contributed by atoms with Gasteiger partial charge in [0.15, 0.2) is 0 Å². The van der Waals surface area contributed by atoms with Crippen molar-refractivity contribution in [2.24, 2.45) is 0 Å². The van der Waals surface area contributed by atoms with Crippen molar-refractivity contribution in [3.8, 4) is 11.3 Å².